The first-order chi connectivity index (χ1) is 8.37. The van der Waals surface area contributed by atoms with Crippen molar-refractivity contribution in [3.8, 4) is 5.75 Å². The van der Waals surface area contributed by atoms with Crippen LogP contribution in [0.1, 0.15) is 6.42 Å². The van der Waals surface area contributed by atoms with Crippen molar-refractivity contribution in [3.63, 3.8) is 0 Å². The third-order valence-electron chi connectivity index (χ3n) is 2.49. The molecule has 1 unspecified atom stereocenters. The molecule has 1 fully saturated rings. The van der Waals surface area contributed by atoms with Gasteiger partial charge in [0.05, 0.1) is 24.8 Å². The summed E-state index contributed by atoms with van der Waals surface area (Å²) in [6.45, 7) is -0.0307. The number of nitrogens with zero attached hydrogens (tertiary/aromatic N) is 1. The molecule has 0 spiro atoms. The number of para-hydroxylation sites is 2. The normalized spacial score (nSPS) is 20.3. The summed E-state index contributed by atoms with van der Waals surface area (Å²) >= 11 is 0. The lowest BCUT2D eigenvalue weighted by molar-refractivity contribution is -0.274. The molecule has 18 heavy (non-hydrogen) atoms. The molecule has 0 radical (unpaired) electrons. The number of ether oxygens (including phenoxy) is 1. The molecule has 1 amide bonds. The maximum absolute atomic E-state index is 12.2. The van der Waals surface area contributed by atoms with Crippen molar-refractivity contribution in [1.82, 2.24) is 0 Å². The Morgan fingerprint density at radius 1 is 1.33 bits per heavy atom. The number of halogens is 3. The van der Waals surface area contributed by atoms with Gasteiger partial charge in [0.1, 0.15) is 0 Å². The van der Waals surface area contributed by atoms with Crippen molar-refractivity contribution in [1.29, 1.82) is 0 Å². The van der Waals surface area contributed by atoms with Crippen molar-refractivity contribution in [2.45, 2.75) is 18.9 Å². The highest BCUT2D eigenvalue weighted by Crippen LogP contribution is 2.34. The summed E-state index contributed by atoms with van der Waals surface area (Å²) < 4.78 is 40.5. The summed E-state index contributed by atoms with van der Waals surface area (Å²) in [7, 11) is 0. The number of hydrogen-bond acceptors (Lipinski definition) is 3. The van der Waals surface area contributed by atoms with Gasteiger partial charge < -0.3 is 14.7 Å². The van der Waals surface area contributed by atoms with Crippen LogP contribution < -0.4 is 9.64 Å². The van der Waals surface area contributed by atoms with E-state index in [1.165, 1.54) is 18.2 Å². The van der Waals surface area contributed by atoms with Gasteiger partial charge in [0.2, 0.25) is 5.91 Å². The molecule has 1 N–H and O–H groups in total. The van der Waals surface area contributed by atoms with Gasteiger partial charge in [-0.25, -0.2) is 0 Å². The van der Waals surface area contributed by atoms with Crippen LogP contribution in [0.25, 0.3) is 0 Å². The summed E-state index contributed by atoms with van der Waals surface area (Å²) in [6, 6.07) is 5.34. The number of aliphatic hydroxyl groups excluding tert-OH is 1. The average molecular weight is 261 g/mol. The average Bonchev–Trinajstić information content (AvgIpc) is 2.56. The number of hydrogen-bond donors (Lipinski definition) is 1. The molecular formula is C11H10F3NO3. The minimum Gasteiger partial charge on any atom is -0.404 e. The van der Waals surface area contributed by atoms with Gasteiger partial charge in [-0.15, -0.1) is 13.2 Å². The molecule has 0 saturated carbocycles. The van der Waals surface area contributed by atoms with E-state index in [1.807, 2.05) is 0 Å². The predicted molar refractivity (Wildman–Crippen MR) is 56.1 cm³/mol. The lowest BCUT2D eigenvalue weighted by Crippen LogP contribution is -2.27. The molecule has 1 heterocycles. The minimum absolute atomic E-state index is 0.0105. The van der Waals surface area contributed by atoms with Crippen molar-refractivity contribution in [2.75, 3.05) is 11.4 Å². The predicted octanol–water partition coefficient (Wildman–Crippen LogP) is 1.68. The molecule has 0 aliphatic carbocycles. The van der Waals surface area contributed by atoms with E-state index in [9.17, 15) is 23.1 Å². The molecule has 2 rings (SSSR count). The molecule has 0 bridgehead atoms. The monoisotopic (exact) mass is 261 g/mol. The Hall–Kier alpha value is -1.76. The molecule has 1 saturated heterocycles. The van der Waals surface area contributed by atoms with Crippen LogP contribution in [0.5, 0.6) is 5.75 Å². The Morgan fingerprint density at radius 3 is 2.56 bits per heavy atom. The Balaban J connectivity index is 2.30. The maximum Gasteiger partial charge on any atom is 0.573 e. The topological polar surface area (TPSA) is 49.8 Å². The van der Waals surface area contributed by atoms with E-state index >= 15 is 0 Å². The highest BCUT2D eigenvalue weighted by Gasteiger charge is 2.35. The quantitative estimate of drug-likeness (QED) is 0.881. The molecule has 98 valence electrons. The first-order valence-electron chi connectivity index (χ1n) is 5.20. The van der Waals surface area contributed by atoms with Gasteiger partial charge in [-0.3, -0.25) is 4.79 Å². The zero-order chi connectivity index (χ0) is 13.3. The Bertz CT molecular complexity index is 461. The summed E-state index contributed by atoms with van der Waals surface area (Å²) in [5.74, 6) is -0.881. The summed E-state index contributed by atoms with van der Waals surface area (Å²) in [5, 5.41) is 9.33. The van der Waals surface area contributed by atoms with Crippen molar-refractivity contribution >= 4 is 11.6 Å². The molecule has 1 aromatic carbocycles. The smallest absolute Gasteiger partial charge is 0.404 e. The fraction of sp³-hybridized carbons (Fsp3) is 0.364. The minimum atomic E-state index is -4.82. The molecule has 4 nitrogen and oxygen atoms in total. The summed E-state index contributed by atoms with van der Waals surface area (Å²) in [5.41, 5.74) is 0.0105. The van der Waals surface area contributed by atoms with E-state index in [-0.39, 0.29) is 18.7 Å². The van der Waals surface area contributed by atoms with Crippen LogP contribution in [0.3, 0.4) is 0 Å². The van der Waals surface area contributed by atoms with E-state index in [2.05, 4.69) is 4.74 Å². The molecule has 1 aromatic rings. The Morgan fingerprint density at radius 2 is 2.00 bits per heavy atom. The molecular weight excluding hydrogens is 251 g/mol. The second kappa shape index (κ2) is 4.49. The number of β-amino-alcohol motifs (C(OH)–C–C–N with tert-alkyl or cyclic N) is 1. The van der Waals surface area contributed by atoms with Crippen molar-refractivity contribution in [2.24, 2.45) is 0 Å². The standard InChI is InChI=1S/C11H10F3NO3/c12-11(13,14)18-9-4-2-1-3-8(9)15-6-7(16)5-10(15)17/h1-4,7,16H,5-6H2. The van der Waals surface area contributed by atoms with Crippen molar-refractivity contribution < 1.29 is 27.8 Å². The number of aliphatic hydroxyl groups is 1. The first kappa shape index (κ1) is 12.7. The Kier molecular flexibility index (Phi) is 3.16. The van der Waals surface area contributed by atoms with Crippen LogP contribution in [0.4, 0.5) is 18.9 Å². The number of anilines is 1. The van der Waals surface area contributed by atoms with Gasteiger partial charge in [-0.05, 0) is 12.1 Å². The van der Waals surface area contributed by atoms with Gasteiger partial charge >= 0.3 is 6.36 Å². The van der Waals surface area contributed by atoms with Gasteiger partial charge in [0.25, 0.3) is 0 Å². The van der Waals surface area contributed by atoms with Gasteiger partial charge in [0, 0.05) is 0 Å². The third-order valence-corrected chi connectivity index (χ3v) is 2.49. The molecule has 1 atom stereocenters. The molecule has 1 aliphatic rings. The number of amides is 1. The number of carbonyl (C=O) groups excluding carboxylic acids is 1. The SMILES string of the molecule is O=C1CC(O)CN1c1ccccc1OC(F)(F)F. The van der Waals surface area contributed by atoms with Crippen LogP contribution >= 0.6 is 0 Å². The van der Waals surface area contributed by atoms with Crippen LogP contribution in [0.15, 0.2) is 24.3 Å². The fourth-order valence-electron chi connectivity index (χ4n) is 1.81. The number of carbonyl (C=O) groups is 1. The van der Waals surface area contributed by atoms with Crippen LogP contribution in [-0.4, -0.2) is 30.0 Å². The van der Waals surface area contributed by atoms with Gasteiger partial charge in [-0.2, -0.15) is 0 Å². The molecule has 1 aliphatic heterocycles. The van der Waals surface area contributed by atoms with E-state index in [1.54, 1.807) is 0 Å². The van der Waals surface area contributed by atoms with Gasteiger partial charge in [-0.1, -0.05) is 12.1 Å². The molecule has 7 heteroatoms. The first-order valence-corrected chi connectivity index (χ1v) is 5.20. The van der Waals surface area contributed by atoms with Crippen LogP contribution in [0, 0.1) is 0 Å². The molecule has 0 aromatic heterocycles. The number of alkyl halides is 3. The van der Waals surface area contributed by atoms with E-state index in [4.69, 9.17) is 0 Å². The number of benzene rings is 1. The van der Waals surface area contributed by atoms with Crippen molar-refractivity contribution in [3.05, 3.63) is 24.3 Å². The second-order valence-electron chi connectivity index (χ2n) is 3.88. The lowest BCUT2D eigenvalue weighted by Gasteiger charge is -2.20. The largest absolute Gasteiger partial charge is 0.573 e. The van der Waals surface area contributed by atoms with E-state index in [0.29, 0.717) is 0 Å². The van der Waals surface area contributed by atoms with Crippen LogP contribution in [0.2, 0.25) is 0 Å². The summed E-state index contributed by atoms with van der Waals surface area (Å²) in [6.07, 6.45) is -5.78. The van der Waals surface area contributed by atoms with E-state index in [0.717, 1.165) is 11.0 Å². The fourth-order valence-corrected chi connectivity index (χ4v) is 1.81. The third kappa shape index (κ3) is 2.73. The zero-order valence-corrected chi connectivity index (χ0v) is 9.15. The zero-order valence-electron chi connectivity index (χ0n) is 9.15. The highest BCUT2D eigenvalue weighted by molar-refractivity contribution is 5.97. The maximum atomic E-state index is 12.2. The van der Waals surface area contributed by atoms with E-state index < -0.39 is 24.1 Å². The van der Waals surface area contributed by atoms with Crippen LogP contribution in [-0.2, 0) is 4.79 Å². The lowest BCUT2D eigenvalue weighted by atomic mass is 10.2. The highest BCUT2D eigenvalue weighted by atomic mass is 19.4. The van der Waals surface area contributed by atoms with Gasteiger partial charge in [0.15, 0.2) is 5.75 Å². The number of rotatable bonds is 2. The Labute approximate surface area is 101 Å². The second-order valence-corrected chi connectivity index (χ2v) is 3.88. The summed E-state index contributed by atoms with van der Waals surface area (Å²) in [4.78, 5) is 12.6.